The molecular formula is C14H22N2O2. The monoisotopic (exact) mass is 250 g/mol. The zero-order chi connectivity index (χ0) is 13.0. The average Bonchev–Trinajstić information content (AvgIpc) is 2.40. The first-order chi connectivity index (χ1) is 8.69. The lowest BCUT2D eigenvalue weighted by molar-refractivity contribution is -0.121. The molecule has 100 valence electrons. The Labute approximate surface area is 108 Å². The van der Waals surface area contributed by atoms with E-state index in [0.29, 0.717) is 19.8 Å². The largest absolute Gasteiger partial charge is 0.381 e. The van der Waals surface area contributed by atoms with Crippen LogP contribution in [0.2, 0.25) is 0 Å². The van der Waals surface area contributed by atoms with Gasteiger partial charge in [0.05, 0.1) is 11.6 Å². The standard InChI is InChI=1S/C14H22N2O2/c1-3-18-14(5-8-17-9-6-14)13(15)12-10-16-7-4-11(12)2/h4,7,10,13H,3,5-6,8-9,15H2,1-2H3. The summed E-state index contributed by atoms with van der Waals surface area (Å²) in [5.74, 6) is 0. The van der Waals surface area contributed by atoms with Gasteiger partial charge in [-0.15, -0.1) is 0 Å². The molecule has 1 fully saturated rings. The second-order valence-electron chi connectivity index (χ2n) is 4.82. The van der Waals surface area contributed by atoms with Gasteiger partial charge in [-0.25, -0.2) is 0 Å². The minimum Gasteiger partial charge on any atom is -0.381 e. The molecule has 0 radical (unpaired) electrons. The molecule has 4 nitrogen and oxygen atoms in total. The number of hydrogen-bond acceptors (Lipinski definition) is 4. The molecule has 2 rings (SSSR count). The van der Waals surface area contributed by atoms with Crippen molar-refractivity contribution in [3.05, 3.63) is 29.6 Å². The summed E-state index contributed by atoms with van der Waals surface area (Å²) in [6, 6.07) is 1.85. The summed E-state index contributed by atoms with van der Waals surface area (Å²) in [6.45, 7) is 6.18. The maximum atomic E-state index is 6.47. The molecule has 4 heteroatoms. The van der Waals surface area contributed by atoms with Crippen LogP contribution in [0.15, 0.2) is 18.5 Å². The quantitative estimate of drug-likeness (QED) is 0.887. The van der Waals surface area contributed by atoms with Crippen LogP contribution in [-0.2, 0) is 9.47 Å². The molecule has 0 amide bonds. The highest BCUT2D eigenvalue weighted by atomic mass is 16.5. The fourth-order valence-electron chi connectivity index (χ4n) is 2.63. The van der Waals surface area contributed by atoms with Crippen molar-refractivity contribution < 1.29 is 9.47 Å². The van der Waals surface area contributed by atoms with Crippen LogP contribution >= 0.6 is 0 Å². The Bertz CT molecular complexity index is 384. The third kappa shape index (κ3) is 2.55. The van der Waals surface area contributed by atoms with Crippen LogP contribution in [0.4, 0.5) is 0 Å². The summed E-state index contributed by atoms with van der Waals surface area (Å²) in [7, 11) is 0. The lowest BCUT2D eigenvalue weighted by atomic mass is 9.82. The fraction of sp³-hybridized carbons (Fsp3) is 0.643. The fourth-order valence-corrected chi connectivity index (χ4v) is 2.63. The van der Waals surface area contributed by atoms with Gasteiger partial charge in [-0.2, -0.15) is 0 Å². The Balaban J connectivity index is 2.28. The molecule has 2 N–H and O–H groups in total. The highest BCUT2D eigenvalue weighted by molar-refractivity contribution is 5.27. The summed E-state index contributed by atoms with van der Waals surface area (Å²) in [5.41, 5.74) is 8.41. The van der Waals surface area contributed by atoms with Crippen molar-refractivity contribution in [1.82, 2.24) is 4.98 Å². The average molecular weight is 250 g/mol. The molecule has 0 aliphatic carbocycles. The van der Waals surface area contributed by atoms with Gasteiger partial charge >= 0.3 is 0 Å². The Morgan fingerprint density at radius 1 is 1.50 bits per heavy atom. The Kier molecular flexibility index (Phi) is 4.32. The van der Waals surface area contributed by atoms with E-state index in [1.165, 1.54) is 5.56 Å². The topological polar surface area (TPSA) is 57.4 Å². The van der Waals surface area contributed by atoms with Gasteiger partial charge in [0.2, 0.25) is 0 Å². The highest BCUT2D eigenvalue weighted by Gasteiger charge is 2.40. The minimum atomic E-state index is -0.305. The summed E-state index contributed by atoms with van der Waals surface area (Å²) < 4.78 is 11.4. The number of aryl methyl sites for hydroxylation is 1. The summed E-state index contributed by atoms with van der Waals surface area (Å²) in [4.78, 5) is 4.19. The summed E-state index contributed by atoms with van der Waals surface area (Å²) in [6.07, 6.45) is 5.34. The second kappa shape index (κ2) is 5.78. The molecule has 1 aromatic rings. The first-order valence-corrected chi connectivity index (χ1v) is 6.57. The third-order valence-corrected chi connectivity index (χ3v) is 3.75. The van der Waals surface area contributed by atoms with Crippen molar-refractivity contribution in [2.75, 3.05) is 19.8 Å². The van der Waals surface area contributed by atoms with E-state index < -0.39 is 0 Å². The number of ether oxygens (including phenoxy) is 2. The summed E-state index contributed by atoms with van der Waals surface area (Å²) in [5, 5.41) is 0. The summed E-state index contributed by atoms with van der Waals surface area (Å²) >= 11 is 0. The zero-order valence-corrected chi connectivity index (χ0v) is 11.2. The molecule has 0 spiro atoms. The van der Waals surface area contributed by atoms with Crippen molar-refractivity contribution in [3.8, 4) is 0 Å². The van der Waals surface area contributed by atoms with Crippen LogP contribution in [0.25, 0.3) is 0 Å². The van der Waals surface area contributed by atoms with Gasteiger partial charge in [-0.05, 0) is 31.0 Å². The molecular weight excluding hydrogens is 228 g/mol. The first-order valence-electron chi connectivity index (χ1n) is 6.57. The van der Waals surface area contributed by atoms with Crippen LogP contribution in [0, 0.1) is 6.92 Å². The van der Waals surface area contributed by atoms with Gasteiger partial charge in [0.1, 0.15) is 0 Å². The van der Waals surface area contributed by atoms with Gasteiger partial charge in [0, 0.05) is 45.1 Å². The van der Waals surface area contributed by atoms with Gasteiger partial charge in [-0.3, -0.25) is 4.98 Å². The Morgan fingerprint density at radius 3 is 2.83 bits per heavy atom. The van der Waals surface area contributed by atoms with Gasteiger partial charge in [0.25, 0.3) is 0 Å². The van der Waals surface area contributed by atoms with Crippen molar-refractivity contribution in [3.63, 3.8) is 0 Å². The number of rotatable bonds is 4. The minimum absolute atomic E-state index is 0.143. The van der Waals surface area contributed by atoms with Crippen LogP contribution in [-0.4, -0.2) is 30.4 Å². The van der Waals surface area contributed by atoms with E-state index in [1.807, 2.05) is 19.2 Å². The van der Waals surface area contributed by atoms with E-state index in [9.17, 15) is 0 Å². The van der Waals surface area contributed by atoms with E-state index in [4.69, 9.17) is 15.2 Å². The predicted molar refractivity (Wildman–Crippen MR) is 70.3 cm³/mol. The smallest absolute Gasteiger partial charge is 0.0918 e. The van der Waals surface area contributed by atoms with Crippen LogP contribution in [0.3, 0.4) is 0 Å². The number of hydrogen-bond donors (Lipinski definition) is 1. The maximum Gasteiger partial charge on any atom is 0.0918 e. The predicted octanol–water partition coefficient (Wildman–Crippen LogP) is 1.98. The van der Waals surface area contributed by atoms with E-state index in [-0.39, 0.29) is 11.6 Å². The second-order valence-corrected chi connectivity index (χ2v) is 4.82. The van der Waals surface area contributed by atoms with Gasteiger partial charge in [0.15, 0.2) is 0 Å². The SMILES string of the molecule is CCOC1(C(N)c2cnccc2C)CCOCC1. The zero-order valence-electron chi connectivity index (χ0n) is 11.2. The Hall–Kier alpha value is -0.970. The van der Waals surface area contributed by atoms with Crippen molar-refractivity contribution >= 4 is 0 Å². The highest BCUT2D eigenvalue weighted by Crippen LogP contribution is 2.36. The van der Waals surface area contributed by atoms with Crippen molar-refractivity contribution in [2.24, 2.45) is 5.73 Å². The molecule has 1 atom stereocenters. The maximum absolute atomic E-state index is 6.47. The molecule has 18 heavy (non-hydrogen) atoms. The molecule has 0 aromatic carbocycles. The number of nitrogens with zero attached hydrogens (tertiary/aromatic N) is 1. The van der Waals surface area contributed by atoms with Crippen LogP contribution < -0.4 is 5.73 Å². The molecule has 1 aliphatic heterocycles. The molecule has 0 bridgehead atoms. The molecule has 1 aromatic heterocycles. The molecule has 1 unspecified atom stereocenters. The Morgan fingerprint density at radius 2 is 2.22 bits per heavy atom. The van der Waals surface area contributed by atoms with Gasteiger partial charge in [-0.1, -0.05) is 0 Å². The van der Waals surface area contributed by atoms with Crippen LogP contribution in [0.1, 0.15) is 36.9 Å². The van der Waals surface area contributed by atoms with Crippen LogP contribution in [0.5, 0.6) is 0 Å². The number of nitrogens with two attached hydrogens (primary N) is 1. The molecule has 1 saturated heterocycles. The third-order valence-electron chi connectivity index (χ3n) is 3.75. The van der Waals surface area contributed by atoms with Gasteiger partial charge < -0.3 is 15.2 Å². The number of pyridine rings is 1. The van der Waals surface area contributed by atoms with Crippen molar-refractivity contribution in [1.29, 1.82) is 0 Å². The number of aromatic nitrogens is 1. The first kappa shape index (κ1) is 13.5. The van der Waals surface area contributed by atoms with E-state index in [1.54, 1.807) is 6.20 Å². The van der Waals surface area contributed by atoms with E-state index >= 15 is 0 Å². The molecule has 0 saturated carbocycles. The lowest BCUT2D eigenvalue weighted by Gasteiger charge is -2.41. The lowest BCUT2D eigenvalue weighted by Crippen LogP contribution is -2.48. The normalized spacial score (nSPS) is 20.6. The van der Waals surface area contributed by atoms with E-state index in [2.05, 4.69) is 11.9 Å². The van der Waals surface area contributed by atoms with E-state index in [0.717, 1.165) is 18.4 Å². The molecule has 1 aliphatic rings. The molecule has 2 heterocycles. The van der Waals surface area contributed by atoms with Crippen molar-refractivity contribution in [2.45, 2.75) is 38.3 Å².